The number of nitrogens with zero attached hydrogens (tertiary/aromatic N) is 3. The molecule has 2 aromatic rings. The summed E-state index contributed by atoms with van der Waals surface area (Å²) in [7, 11) is -3.54. The lowest BCUT2D eigenvalue weighted by atomic mass is 10.1. The summed E-state index contributed by atoms with van der Waals surface area (Å²) >= 11 is 0. The number of anilines is 1. The van der Waals surface area contributed by atoms with Crippen LogP contribution in [0, 0.1) is 24.1 Å². The van der Waals surface area contributed by atoms with E-state index in [1.165, 1.54) is 10.4 Å². The summed E-state index contributed by atoms with van der Waals surface area (Å²) in [6, 6.07) is 13.1. The van der Waals surface area contributed by atoms with E-state index in [1.807, 2.05) is 17.9 Å². The van der Waals surface area contributed by atoms with Crippen LogP contribution in [0.2, 0.25) is 0 Å². The van der Waals surface area contributed by atoms with Gasteiger partial charge in [-0.1, -0.05) is 23.8 Å². The first-order valence-corrected chi connectivity index (χ1v) is 9.38. The van der Waals surface area contributed by atoms with E-state index >= 15 is 0 Å². The molecule has 5 nitrogen and oxygen atoms in total. The van der Waals surface area contributed by atoms with Crippen LogP contribution in [-0.4, -0.2) is 38.9 Å². The Morgan fingerprint density at radius 1 is 1.04 bits per heavy atom. The van der Waals surface area contributed by atoms with Crippen molar-refractivity contribution in [1.29, 1.82) is 5.26 Å². The Bertz CT molecular complexity index is 912. The average molecular weight is 359 g/mol. The van der Waals surface area contributed by atoms with Crippen LogP contribution in [0.15, 0.2) is 47.4 Å². The third-order valence-corrected chi connectivity index (χ3v) is 6.25. The van der Waals surface area contributed by atoms with E-state index < -0.39 is 15.8 Å². The first-order chi connectivity index (χ1) is 11.9. The Kier molecular flexibility index (Phi) is 4.75. The summed E-state index contributed by atoms with van der Waals surface area (Å²) in [4.78, 5) is 2.12. The smallest absolute Gasteiger partial charge is 0.243 e. The molecule has 0 aliphatic carbocycles. The Morgan fingerprint density at radius 3 is 2.28 bits per heavy atom. The first-order valence-electron chi connectivity index (χ1n) is 7.94. The molecule has 0 atom stereocenters. The van der Waals surface area contributed by atoms with Crippen LogP contribution in [0.1, 0.15) is 11.1 Å². The molecule has 2 aromatic carbocycles. The maximum absolute atomic E-state index is 13.8. The molecule has 0 N–H and O–H groups in total. The van der Waals surface area contributed by atoms with Crippen LogP contribution in [0.3, 0.4) is 0 Å². The van der Waals surface area contributed by atoms with Gasteiger partial charge in [0.25, 0.3) is 0 Å². The third-order valence-electron chi connectivity index (χ3n) is 4.34. The molecular weight excluding hydrogens is 341 g/mol. The van der Waals surface area contributed by atoms with Crippen molar-refractivity contribution in [3.05, 3.63) is 59.4 Å². The number of aryl methyl sites for hydroxylation is 1. The van der Waals surface area contributed by atoms with E-state index in [2.05, 4.69) is 0 Å². The van der Waals surface area contributed by atoms with Crippen LogP contribution in [-0.2, 0) is 10.0 Å². The highest BCUT2D eigenvalue weighted by atomic mass is 32.2. The molecule has 1 saturated heterocycles. The van der Waals surface area contributed by atoms with Gasteiger partial charge >= 0.3 is 0 Å². The number of sulfonamides is 1. The van der Waals surface area contributed by atoms with Crippen LogP contribution >= 0.6 is 0 Å². The van der Waals surface area contributed by atoms with Gasteiger partial charge in [-0.25, -0.2) is 12.8 Å². The topological polar surface area (TPSA) is 64.4 Å². The highest BCUT2D eigenvalue weighted by Gasteiger charge is 2.29. The summed E-state index contributed by atoms with van der Waals surface area (Å²) < 4.78 is 40.6. The van der Waals surface area contributed by atoms with Gasteiger partial charge in [0.2, 0.25) is 10.0 Å². The van der Waals surface area contributed by atoms with E-state index in [-0.39, 0.29) is 23.5 Å². The highest BCUT2D eigenvalue weighted by Crippen LogP contribution is 2.25. The fourth-order valence-electron chi connectivity index (χ4n) is 2.92. The van der Waals surface area contributed by atoms with Gasteiger partial charge in [0.15, 0.2) is 0 Å². The molecule has 25 heavy (non-hydrogen) atoms. The summed E-state index contributed by atoms with van der Waals surface area (Å²) in [5.74, 6) is -0.560. The Balaban J connectivity index is 1.77. The normalized spacial score (nSPS) is 15.8. The van der Waals surface area contributed by atoms with E-state index in [1.54, 1.807) is 36.4 Å². The SMILES string of the molecule is Cc1ccc(S(=O)(=O)N2CCN(c3cccc(F)c3C#N)CC2)cc1. The van der Waals surface area contributed by atoms with Gasteiger partial charge in [0, 0.05) is 26.2 Å². The number of hydrogen-bond acceptors (Lipinski definition) is 4. The zero-order chi connectivity index (χ0) is 18.0. The minimum absolute atomic E-state index is 0.00246. The maximum Gasteiger partial charge on any atom is 0.243 e. The van der Waals surface area contributed by atoms with Gasteiger partial charge in [0.1, 0.15) is 17.4 Å². The molecule has 0 spiro atoms. The van der Waals surface area contributed by atoms with E-state index in [0.717, 1.165) is 5.56 Å². The van der Waals surface area contributed by atoms with Crippen molar-refractivity contribution in [1.82, 2.24) is 4.31 Å². The number of hydrogen-bond donors (Lipinski definition) is 0. The van der Waals surface area contributed by atoms with Crippen molar-refractivity contribution in [3.63, 3.8) is 0 Å². The maximum atomic E-state index is 13.8. The number of piperazine rings is 1. The van der Waals surface area contributed by atoms with E-state index in [0.29, 0.717) is 18.8 Å². The molecule has 0 bridgehead atoms. The molecule has 3 rings (SSSR count). The predicted octanol–water partition coefficient (Wildman–Crippen LogP) is 2.52. The van der Waals surface area contributed by atoms with E-state index in [4.69, 9.17) is 5.26 Å². The highest BCUT2D eigenvalue weighted by molar-refractivity contribution is 7.89. The summed E-state index contributed by atoms with van der Waals surface area (Å²) in [5.41, 5.74) is 1.51. The molecule has 0 amide bonds. The number of rotatable bonds is 3. The van der Waals surface area contributed by atoms with Crippen LogP contribution < -0.4 is 4.90 Å². The second-order valence-corrected chi connectivity index (χ2v) is 7.89. The van der Waals surface area contributed by atoms with Crippen molar-refractivity contribution < 1.29 is 12.8 Å². The van der Waals surface area contributed by atoms with E-state index in [9.17, 15) is 12.8 Å². The molecule has 0 saturated carbocycles. The standard InChI is InChI=1S/C18H18FN3O2S/c1-14-5-7-15(8-6-14)25(23,24)22-11-9-21(10-12-22)18-4-2-3-17(19)16(18)13-20/h2-8H,9-12H2,1H3. The van der Waals surface area contributed by atoms with Gasteiger partial charge in [-0.05, 0) is 31.2 Å². The fraction of sp³-hybridized carbons (Fsp3) is 0.278. The summed E-state index contributed by atoms with van der Waals surface area (Å²) in [6.45, 7) is 3.29. The van der Waals surface area contributed by atoms with Crippen molar-refractivity contribution in [2.24, 2.45) is 0 Å². The number of halogens is 1. The molecular formula is C18H18FN3O2S. The lowest BCUT2D eigenvalue weighted by molar-refractivity contribution is 0.384. The largest absolute Gasteiger partial charge is 0.368 e. The quantitative estimate of drug-likeness (QED) is 0.845. The van der Waals surface area contributed by atoms with Gasteiger partial charge in [-0.2, -0.15) is 9.57 Å². The molecule has 7 heteroatoms. The summed E-state index contributed by atoms with van der Waals surface area (Å²) in [5, 5.41) is 9.16. The van der Waals surface area contributed by atoms with Crippen molar-refractivity contribution >= 4 is 15.7 Å². The van der Waals surface area contributed by atoms with Crippen molar-refractivity contribution in [3.8, 4) is 6.07 Å². The molecule has 1 fully saturated rings. The van der Waals surface area contributed by atoms with Gasteiger partial charge in [-0.3, -0.25) is 0 Å². The molecule has 0 radical (unpaired) electrons. The minimum Gasteiger partial charge on any atom is -0.368 e. The van der Waals surface area contributed by atoms with Crippen LogP contribution in [0.4, 0.5) is 10.1 Å². The number of nitriles is 1. The third kappa shape index (κ3) is 3.36. The Labute approximate surface area is 147 Å². The Morgan fingerprint density at radius 2 is 1.68 bits per heavy atom. The van der Waals surface area contributed by atoms with Crippen LogP contribution in [0.5, 0.6) is 0 Å². The minimum atomic E-state index is -3.54. The molecule has 1 aliphatic rings. The molecule has 0 unspecified atom stereocenters. The second kappa shape index (κ2) is 6.82. The number of benzene rings is 2. The Hall–Kier alpha value is -2.43. The second-order valence-electron chi connectivity index (χ2n) is 5.95. The zero-order valence-electron chi connectivity index (χ0n) is 13.8. The molecule has 1 aliphatic heterocycles. The fourth-order valence-corrected chi connectivity index (χ4v) is 4.34. The van der Waals surface area contributed by atoms with Gasteiger partial charge in [-0.15, -0.1) is 0 Å². The summed E-state index contributed by atoms with van der Waals surface area (Å²) in [6.07, 6.45) is 0. The van der Waals surface area contributed by atoms with Crippen LogP contribution in [0.25, 0.3) is 0 Å². The van der Waals surface area contributed by atoms with Crippen molar-refractivity contribution in [2.45, 2.75) is 11.8 Å². The lowest BCUT2D eigenvalue weighted by Crippen LogP contribution is -2.48. The molecule has 1 heterocycles. The average Bonchev–Trinajstić information content (AvgIpc) is 2.62. The monoisotopic (exact) mass is 359 g/mol. The predicted molar refractivity (Wildman–Crippen MR) is 93.3 cm³/mol. The molecule has 130 valence electrons. The van der Waals surface area contributed by atoms with Crippen molar-refractivity contribution in [2.75, 3.05) is 31.1 Å². The molecule has 0 aromatic heterocycles. The lowest BCUT2D eigenvalue weighted by Gasteiger charge is -2.35. The van der Waals surface area contributed by atoms with Gasteiger partial charge in [0.05, 0.1) is 10.6 Å². The first kappa shape index (κ1) is 17.4. The van der Waals surface area contributed by atoms with Gasteiger partial charge < -0.3 is 4.90 Å². The zero-order valence-corrected chi connectivity index (χ0v) is 14.6.